The summed E-state index contributed by atoms with van der Waals surface area (Å²) in [6.45, 7) is 0. The number of benzene rings is 1. The van der Waals surface area contributed by atoms with E-state index in [2.05, 4.69) is 35.3 Å². The monoisotopic (exact) mass is 585 g/mol. The Morgan fingerprint density at radius 1 is 1.12 bits per heavy atom. The van der Waals surface area contributed by atoms with Gasteiger partial charge < -0.3 is 15.4 Å². The second-order valence-electron chi connectivity index (χ2n) is 9.22. The van der Waals surface area contributed by atoms with E-state index in [-0.39, 0.29) is 39.2 Å². The minimum atomic E-state index is -4.33. The van der Waals surface area contributed by atoms with Crippen LogP contribution in [0, 0.1) is 11.7 Å². The van der Waals surface area contributed by atoms with Gasteiger partial charge in [-0.25, -0.2) is 32.7 Å². The molecule has 3 aromatic heterocycles. The molecule has 40 heavy (non-hydrogen) atoms. The van der Waals surface area contributed by atoms with E-state index in [0.29, 0.717) is 28.8 Å². The van der Waals surface area contributed by atoms with E-state index in [9.17, 15) is 13.2 Å². The van der Waals surface area contributed by atoms with E-state index in [1.54, 1.807) is 31.4 Å². The fourth-order valence-electron chi connectivity index (χ4n) is 4.68. The summed E-state index contributed by atoms with van der Waals surface area (Å²) in [6.07, 6.45) is 6.50. The molecule has 11 nitrogen and oxygen atoms in total. The molecule has 0 saturated heterocycles. The summed E-state index contributed by atoms with van der Waals surface area (Å²) < 4.78 is 48.7. The van der Waals surface area contributed by atoms with Crippen molar-refractivity contribution in [3.63, 3.8) is 0 Å². The van der Waals surface area contributed by atoms with Crippen LogP contribution in [0.4, 0.5) is 16.2 Å². The van der Waals surface area contributed by atoms with E-state index in [4.69, 9.17) is 16.3 Å². The second-order valence-corrected chi connectivity index (χ2v) is 11.3. The van der Waals surface area contributed by atoms with E-state index >= 15 is 4.39 Å². The molecule has 1 fully saturated rings. The van der Waals surface area contributed by atoms with E-state index in [1.165, 1.54) is 25.6 Å². The van der Waals surface area contributed by atoms with Crippen LogP contribution in [0.25, 0.3) is 22.0 Å². The standard InChI is InChI=1S/C26H25ClFN7O4S/c1-29-24(36)15-3-5-18(10-15)33-26-32-12-16-9-14(4-6-20(16)34-26)19-7-8-30-23(22(19)28)35-40(37,38)21-11-17(27)13-31-25(21)39-2/h4,6-9,11-13,15,18H,3,5,10H2,1-2H3,(H,29,36)(H,30,35)(H,32,33,34). The average Bonchev–Trinajstić information content (AvgIpc) is 3.42. The summed E-state index contributed by atoms with van der Waals surface area (Å²) in [4.78, 5) is 28.2. The first-order valence-corrected chi connectivity index (χ1v) is 14.2. The molecule has 1 aliphatic rings. The molecule has 3 N–H and O–H groups in total. The van der Waals surface area contributed by atoms with Crippen molar-refractivity contribution in [2.24, 2.45) is 5.92 Å². The zero-order valence-corrected chi connectivity index (χ0v) is 23.1. The first-order chi connectivity index (χ1) is 19.2. The number of sulfonamides is 1. The zero-order valence-electron chi connectivity index (χ0n) is 21.5. The third-order valence-electron chi connectivity index (χ3n) is 6.66. The molecule has 4 aromatic rings. The van der Waals surface area contributed by atoms with Gasteiger partial charge in [0.15, 0.2) is 16.5 Å². The molecular formula is C26H25ClFN7O4S. The molecule has 2 atom stereocenters. The molecule has 0 aliphatic heterocycles. The highest BCUT2D eigenvalue weighted by Gasteiger charge is 2.30. The van der Waals surface area contributed by atoms with Gasteiger partial charge in [-0.1, -0.05) is 17.7 Å². The molecule has 2 unspecified atom stereocenters. The molecule has 1 aliphatic carbocycles. The largest absolute Gasteiger partial charge is 0.480 e. The first kappa shape index (κ1) is 27.5. The van der Waals surface area contributed by atoms with Gasteiger partial charge in [0.2, 0.25) is 17.7 Å². The Balaban J connectivity index is 1.38. The number of pyridine rings is 2. The number of methoxy groups -OCH3 is 1. The summed E-state index contributed by atoms with van der Waals surface area (Å²) >= 11 is 5.91. The predicted octanol–water partition coefficient (Wildman–Crippen LogP) is 4.02. The maximum atomic E-state index is 15.5. The van der Waals surface area contributed by atoms with Crippen LogP contribution < -0.4 is 20.1 Å². The SMILES string of the molecule is CNC(=O)C1CCC(Nc2ncc3cc(-c4ccnc(NS(=O)(=O)c5cc(Cl)cnc5OC)c4F)ccc3n2)C1. The Morgan fingerprint density at radius 2 is 1.95 bits per heavy atom. The molecule has 0 spiro atoms. The molecule has 0 radical (unpaired) electrons. The van der Waals surface area contributed by atoms with Crippen LogP contribution in [0.3, 0.4) is 0 Å². The second kappa shape index (κ2) is 11.2. The third-order valence-corrected chi connectivity index (χ3v) is 8.20. The molecular weight excluding hydrogens is 561 g/mol. The third kappa shape index (κ3) is 5.61. The predicted molar refractivity (Wildman–Crippen MR) is 148 cm³/mol. The fourth-order valence-corrected chi connectivity index (χ4v) is 6.06. The lowest BCUT2D eigenvalue weighted by molar-refractivity contribution is -0.124. The van der Waals surface area contributed by atoms with Crippen molar-refractivity contribution >= 4 is 50.2 Å². The molecule has 5 rings (SSSR count). The summed E-state index contributed by atoms with van der Waals surface area (Å²) in [5.41, 5.74) is 1.24. The number of aromatic nitrogens is 4. The van der Waals surface area contributed by atoms with Gasteiger partial charge in [-0.15, -0.1) is 0 Å². The van der Waals surface area contributed by atoms with Crippen LogP contribution in [0.2, 0.25) is 5.02 Å². The Bertz CT molecular complexity index is 1710. The lowest BCUT2D eigenvalue weighted by Gasteiger charge is -2.14. The van der Waals surface area contributed by atoms with Crippen LogP contribution in [-0.2, 0) is 14.8 Å². The molecule has 3 heterocycles. The molecule has 1 amide bonds. The van der Waals surface area contributed by atoms with Crippen molar-refractivity contribution in [1.82, 2.24) is 25.3 Å². The maximum absolute atomic E-state index is 15.5. The van der Waals surface area contributed by atoms with Crippen LogP contribution in [0.1, 0.15) is 19.3 Å². The number of carbonyl (C=O) groups excluding carboxylic acids is 1. The summed E-state index contributed by atoms with van der Waals surface area (Å²) in [7, 11) is -1.44. The Morgan fingerprint density at radius 3 is 2.73 bits per heavy atom. The number of nitrogens with zero attached hydrogens (tertiary/aromatic N) is 4. The van der Waals surface area contributed by atoms with Crippen molar-refractivity contribution < 1.29 is 22.3 Å². The highest BCUT2D eigenvalue weighted by molar-refractivity contribution is 7.92. The number of carbonyl (C=O) groups is 1. The van der Waals surface area contributed by atoms with Crippen molar-refractivity contribution in [2.75, 3.05) is 24.2 Å². The molecule has 208 valence electrons. The highest BCUT2D eigenvalue weighted by Crippen LogP contribution is 2.32. The van der Waals surface area contributed by atoms with Crippen LogP contribution >= 0.6 is 11.6 Å². The van der Waals surface area contributed by atoms with Crippen LogP contribution in [0.5, 0.6) is 5.88 Å². The van der Waals surface area contributed by atoms with Crippen molar-refractivity contribution in [3.05, 3.63) is 59.8 Å². The van der Waals surface area contributed by atoms with Gasteiger partial charge in [0, 0.05) is 48.5 Å². The quantitative estimate of drug-likeness (QED) is 0.279. The van der Waals surface area contributed by atoms with E-state index < -0.39 is 21.7 Å². The minimum absolute atomic E-state index is 0.0284. The van der Waals surface area contributed by atoms with Gasteiger partial charge in [0.05, 0.1) is 17.6 Å². The van der Waals surface area contributed by atoms with Gasteiger partial charge in [-0.05, 0) is 49.1 Å². The van der Waals surface area contributed by atoms with Gasteiger partial charge in [0.25, 0.3) is 10.0 Å². The Kier molecular flexibility index (Phi) is 7.68. The normalized spacial score (nSPS) is 17.0. The number of halogens is 2. The van der Waals surface area contributed by atoms with Crippen LogP contribution in [0.15, 0.2) is 53.8 Å². The molecule has 1 aromatic carbocycles. The number of nitrogens with one attached hydrogen (secondary N) is 3. The first-order valence-electron chi connectivity index (χ1n) is 12.3. The summed E-state index contributed by atoms with van der Waals surface area (Å²) in [6, 6.07) is 7.79. The maximum Gasteiger partial charge on any atom is 0.268 e. The van der Waals surface area contributed by atoms with Crippen molar-refractivity contribution in [1.29, 1.82) is 0 Å². The summed E-state index contributed by atoms with van der Waals surface area (Å²) in [5, 5.41) is 6.71. The zero-order chi connectivity index (χ0) is 28.4. The van der Waals surface area contributed by atoms with E-state index in [0.717, 1.165) is 18.9 Å². The topological polar surface area (TPSA) is 148 Å². The van der Waals surface area contributed by atoms with Crippen molar-refractivity contribution in [3.8, 4) is 17.0 Å². The van der Waals surface area contributed by atoms with Gasteiger partial charge >= 0.3 is 0 Å². The van der Waals surface area contributed by atoms with Gasteiger partial charge in [0.1, 0.15) is 0 Å². The van der Waals surface area contributed by atoms with E-state index in [1.807, 2.05) is 0 Å². The molecule has 14 heteroatoms. The number of hydrogen-bond donors (Lipinski definition) is 3. The number of amides is 1. The van der Waals surface area contributed by atoms with Crippen molar-refractivity contribution in [2.45, 2.75) is 30.2 Å². The van der Waals surface area contributed by atoms with Gasteiger partial charge in [-0.3, -0.25) is 9.52 Å². The number of ether oxygens (including phenoxy) is 1. The smallest absolute Gasteiger partial charge is 0.268 e. The fraction of sp³-hybridized carbons (Fsp3) is 0.269. The number of hydrogen-bond acceptors (Lipinski definition) is 9. The Hall–Kier alpha value is -4.10. The minimum Gasteiger partial charge on any atom is -0.480 e. The average molecular weight is 586 g/mol. The van der Waals surface area contributed by atoms with Crippen LogP contribution in [-0.4, -0.2) is 54.5 Å². The molecule has 1 saturated carbocycles. The highest BCUT2D eigenvalue weighted by atomic mass is 35.5. The lowest BCUT2D eigenvalue weighted by Crippen LogP contribution is -2.27. The lowest BCUT2D eigenvalue weighted by atomic mass is 10.0. The number of rotatable bonds is 8. The number of anilines is 2. The molecule has 0 bridgehead atoms. The summed E-state index contributed by atoms with van der Waals surface area (Å²) in [5.74, 6) is -1.11. The Labute approximate surface area is 234 Å². The van der Waals surface area contributed by atoms with Gasteiger partial charge in [-0.2, -0.15) is 0 Å². The number of fused-ring (bicyclic) bond motifs is 1.